The number of halogens is 1. The number of nitrogens with zero attached hydrogens (tertiary/aromatic N) is 2. The lowest BCUT2D eigenvalue weighted by Gasteiger charge is -2.20. The molecule has 0 aliphatic heterocycles. The van der Waals surface area contributed by atoms with Crippen LogP contribution in [0.4, 0.5) is 16.0 Å². The number of aliphatic carboxylic acids is 1. The van der Waals surface area contributed by atoms with Gasteiger partial charge in [0, 0.05) is 24.5 Å². The summed E-state index contributed by atoms with van der Waals surface area (Å²) in [6, 6.07) is 11.9. The van der Waals surface area contributed by atoms with Gasteiger partial charge >= 0.3 is 5.97 Å². The Kier molecular flexibility index (Phi) is 7.22. The number of aromatic nitrogens is 3. The standard InChI is InChI=1S/C25H26FN5O2S/c1-3-17-12-19(26)10-15(2)23(17)30-21(24(32)33)11-16-4-6-18(7-5-16)22-13-20(31-34-22)14-29-25-27-8-9-28-25/h4-10,12-13,21,30H,3,11,14H2,1-2H3,(H,32,33)(H2,27,28,29). The largest absolute Gasteiger partial charge is 0.480 e. The van der Waals surface area contributed by atoms with Gasteiger partial charge in [-0.25, -0.2) is 14.2 Å². The van der Waals surface area contributed by atoms with Crippen molar-refractivity contribution in [3.63, 3.8) is 0 Å². The summed E-state index contributed by atoms with van der Waals surface area (Å²) in [4.78, 5) is 20.1. The maximum atomic E-state index is 13.8. The quantitative estimate of drug-likeness (QED) is 0.247. The number of carbonyl (C=O) groups is 1. The van der Waals surface area contributed by atoms with E-state index in [0.29, 0.717) is 36.6 Å². The minimum absolute atomic E-state index is 0.302. The van der Waals surface area contributed by atoms with E-state index < -0.39 is 12.0 Å². The SMILES string of the molecule is CCc1cc(F)cc(C)c1NC(Cc1ccc(-c2cc(CNc3ncc[nH]3)ns2)cc1)C(=O)O. The zero-order valence-electron chi connectivity index (χ0n) is 18.9. The molecule has 1 unspecified atom stereocenters. The first kappa shape index (κ1) is 23.4. The van der Waals surface area contributed by atoms with E-state index in [0.717, 1.165) is 27.3 Å². The minimum atomic E-state index is -0.953. The second kappa shape index (κ2) is 10.5. The monoisotopic (exact) mass is 479 g/mol. The average Bonchev–Trinajstić information content (AvgIpc) is 3.51. The Balaban J connectivity index is 1.43. The van der Waals surface area contributed by atoms with Crippen molar-refractivity contribution in [1.29, 1.82) is 0 Å². The van der Waals surface area contributed by atoms with Crippen molar-refractivity contribution >= 4 is 29.1 Å². The van der Waals surface area contributed by atoms with Crippen LogP contribution < -0.4 is 10.6 Å². The number of nitrogens with one attached hydrogen (secondary N) is 3. The number of hydrogen-bond acceptors (Lipinski definition) is 6. The van der Waals surface area contributed by atoms with Gasteiger partial charge in [-0.1, -0.05) is 31.2 Å². The molecule has 0 radical (unpaired) electrons. The number of anilines is 2. The van der Waals surface area contributed by atoms with Gasteiger partial charge in [-0.2, -0.15) is 4.37 Å². The van der Waals surface area contributed by atoms with E-state index in [2.05, 4.69) is 25.0 Å². The number of aryl methyl sites for hydroxylation is 2. The van der Waals surface area contributed by atoms with Crippen LogP contribution in [0, 0.1) is 12.7 Å². The normalized spacial score (nSPS) is 11.9. The van der Waals surface area contributed by atoms with Gasteiger partial charge in [0.1, 0.15) is 11.9 Å². The zero-order chi connectivity index (χ0) is 24.1. The summed E-state index contributed by atoms with van der Waals surface area (Å²) in [5.41, 5.74) is 4.98. The molecule has 0 aliphatic rings. The summed E-state index contributed by atoms with van der Waals surface area (Å²) in [5.74, 6) is -0.571. The second-order valence-corrected chi connectivity index (χ2v) is 8.83. The van der Waals surface area contributed by atoms with Crippen molar-refractivity contribution in [3.05, 3.63) is 83.1 Å². The summed E-state index contributed by atoms with van der Waals surface area (Å²) in [6.45, 7) is 4.27. The number of H-pyrrole nitrogens is 1. The van der Waals surface area contributed by atoms with E-state index in [9.17, 15) is 14.3 Å². The van der Waals surface area contributed by atoms with E-state index in [1.54, 1.807) is 19.3 Å². The average molecular weight is 480 g/mol. The van der Waals surface area contributed by atoms with Crippen LogP contribution in [0.3, 0.4) is 0 Å². The van der Waals surface area contributed by atoms with Gasteiger partial charge in [0.2, 0.25) is 0 Å². The van der Waals surface area contributed by atoms with Gasteiger partial charge in [0.05, 0.1) is 17.1 Å². The van der Waals surface area contributed by atoms with Crippen LogP contribution >= 0.6 is 11.5 Å². The van der Waals surface area contributed by atoms with Gasteiger partial charge in [-0.3, -0.25) is 0 Å². The second-order valence-electron chi connectivity index (χ2n) is 8.02. The lowest BCUT2D eigenvalue weighted by atomic mass is 10.0. The Hall–Kier alpha value is -3.72. The van der Waals surface area contributed by atoms with Crippen molar-refractivity contribution in [2.24, 2.45) is 0 Å². The van der Waals surface area contributed by atoms with Crippen molar-refractivity contribution in [2.75, 3.05) is 10.6 Å². The number of benzene rings is 2. The highest BCUT2D eigenvalue weighted by Gasteiger charge is 2.20. The van der Waals surface area contributed by atoms with Crippen molar-refractivity contribution < 1.29 is 14.3 Å². The smallest absolute Gasteiger partial charge is 0.326 e. The molecule has 176 valence electrons. The molecule has 0 saturated heterocycles. The molecule has 4 rings (SSSR count). The number of carboxylic acid groups (broad SMARTS) is 1. The molecule has 34 heavy (non-hydrogen) atoms. The first-order chi connectivity index (χ1) is 16.4. The van der Waals surface area contributed by atoms with E-state index in [1.165, 1.54) is 23.7 Å². The summed E-state index contributed by atoms with van der Waals surface area (Å²) >= 11 is 1.42. The maximum absolute atomic E-state index is 13.8. The lowest BCUT2D eigenvalue weighted by molar-refractivity contribution is -0.137. The van der Waals surface area contributed by atoms with Crippen LogP contribution in [0.25, 0.3) is 10.4 Å². The number of imidazole rings is 1. The highest BCUT2D eigenvalue weighted by molar-refractivity contribution is 7.09. The molecule has 4 aromatic rings. The molecule has 7 nitrogen and oxygen atoms in total. The first-order valence-electron chi connectivity index (χ1n) is 11.0. The third kappa shape index (κ3) is 5.60. The topological polar surface area (TPSA) is 103 Å². The Morgan fingerprint density at radius 2 is 2.03 bits per heavy atom. The van der Waals surface area contributed by atoms with Gasteiger partial charge in [-0.05, 0) is 65.3 Å². The Morgan fingerprint density at radius 1 is 1.24 bits per heavy atom. The van der Waals surface area contributed by atoms with Crippen LogP contribution in [0.2, 0.25) is 0 Å². The molecule has 0 spiro atoms. The van der Waals surface area contributed by atoms with E-state index in [-0.39, 0.29) is 5.82 Å². The molecule has 0 amide bonds. The van der Waals surface area contributed by atoms with Gasteiger partial charge in [-0.15, -0.1) is 0 Å². The number of hydrogen-bond donors (Lipinski definition) is 4. The van der Waals surface area contributed by atoms with E-state index in [1.807, 2.05) is 37.3 Å². The number of carboxylic acids is 1. The van der Waals surface area contributed by atoms with E-state index >= 15 is 0 Å². The zero-order valence-corrected chi connectivity index (χ0v) is 19.7. The molecular formula is C25H26FN5O2S. The van der Waals surface area contributed by atoms with Gasteiger partial charge < -0.3 is 20.7 Å². The minimum Gasteiger partial charge on any atom is -0.480 e. The molecule has 4 N–H and O–H groups in total. The molecule has 1 atom stereocenters. The van der Waals surface area contributed by atoms with Gasteiger partial charge in [0.25, 0.3) is 0 Å². The van der Waals surface area contributed by atoms with Crippen molar-refractivity contribution in [3.8, 4) is 10.4 Å². The Bertz CT molecular complexity index is 1260. The third-order valence-electron chi connectivity index (χ3n) is 5.55. The van der Waals surface area contributed by atoms with Crippen molar-refractivity contribution in [2.45, 2.75) is 39.3 Å². The van der Waals surface area contributed by atoms with Gasteiger partial charge in [0.15, 0.2) is 5.95 Å². The lowest BCUT2D eigenvalue weighted by Crippen LogP contribution is -2.32. The van der Waals surface area contributed by atoms with E-state index in [4.69, 9.17) is 0 Å². The molecule has 2 aromatic carbocycles. The fourth-order valence-corrected chi connectivity index (χ4v) is 4.54. The summed E-state index contributed by atoms with van der Waals surface area (Å²) in [6.07, 6.45) is 4.35. The summed E-state index contributed by atoms with van der Waals surface area (Å²) < 4.78 is 18.3. The van der Waals surface area contributed by atoms with Crippen LogP contribution in [-0.4, -0.2) is 31.5 Å². The molecule has 0 bridgehead atoms. The summed E-state index contributed by atoms with van der Waals surface area (Å²) in [5, 5.41) is 16.1. The van der Waals surface area contributed by atoms with Crippen LogP contribution in [-0.2, 0) is 24.2 Å². The third-order valence-corrected chi connectivity index (χ3v) is 6.43. The number of rotatable bonds is 10. The molecule has 0 saturated carbocycles. The fraction of sp³-hybridized carbons (Fsp3) is 0.240. The molecule has 2 heterocycles. The molecule has 2 aromatic heterocycles. The van der Waals surface area contributed by atoms with Crippen LogP contribution in [0.15, 0.2) is 54.9 Å². The Morgan fingerprint density at radius 3 is 2.71 bits per heavy atom. The predicted octanol–water partition coefficient (Wildman–Crippen LogP) is 5.26. The van der Waals surface area contributed by atoms with Crippen LogP contribution in [0.5, 0.6) is 0 Å². The van der Waals surface area contributed by atoms with Crippen LogP contribution in [0.1, 0.15) is 29.3 Å². The first-order valence-corrected chi connectivity index (χ1v) is 11.8. The molecule has 0 aliphatic carbocycles. The summed E-state index contributed by atoms with van der Waals surface area (Å²) in [7, 11) is 0. The highest BCUT2D eigenvalue weighted by Crippen LogP contribution is 2.27. The molecular weight excluding hydrogens is 453 g/mol. The fourth-order valence-electron chi connectivity index (χ4n) is 3.78. The van der Waals surface area contributed by atoms with Crippen molar-refractivity contribution in [1.82, 2.24) is 14.3 Å². The number of aromatic amines is 1. The Labute approximate surface area is 201 Å². The molecule has 9 heteroatoms. The predicted molar refractivity (Wildman–Crippen MR) is 133 cm³/mol. The molecule has 0 fully saturated rings. The highest BCUT2D eigenvalue weighted by atomic mass is 32.1. The maximum Gasteiger partial charge on any atom is 0.326 e.